The van der Waals surface area contributed by atoms with Crippen LogP contribution in [0.1, 0.15) is 27.8 Å². The average Bonchev–Trinajstić information content (AvgIpc) is 2.62. The molecule has 128 valence electrons. The molecule has 0 heterocycles. The van der Waals surface area contributed by atoms with Crippen LogP contribution in [0.3, 0.4) is 0 Å². The molecule has 1 N–H and O–H groups in total. The highest BCUT2D eigenvalue weighted by atomic mass is 16.4. The molecule has 0 bridgehead atoms. The van der Waals surface area contributed by atoms with Gasteiger partial charge in [-0.25, -0.2) is 0 Å². The Labute approximate surface area is 153 Å². The molecule has 2 heteroatoms. The van der Waals surface area contributed by atoms with Gasteiger partial charge in [0, 0.05) is 11.1 Å². The van der Waals surface area contributed by atoms with Gasteiger partial charge in [-0.3, -0.25) is 0 Å². The first kappa shape index (κ1) is 16.3. The maximum atomic E-state index is 9.91. The van der Waals surface area contributed by atoms with Crippen LogP contribution in [0.25, 0.3) is 21.5 Å². The van der Waals surface area contributed by atoms with Gasteiger partial charge in [-0.1, -0.05) is 65.3 Å². The number of aryl methyl sites for hydroxylation is 3. The van der Waals surface area contributed by atoms with Crippen molar-refractivity contribution in [3.63, 3.8) is 0 Å². The molecule has 0 aromatic heterocycles. The summed E-state index contributed by atoms with van der Waals surface area (Å²) in [7, 11) is 0. The van der Waals surface area contributed by atoms with Crippen molar-refractivity contribution in [2.24, 2.45) is 5.16 Å². The molecule has 2 nitrogen and oxygen atoms in total. The normalized spacial score (nSPS) is 12.0. The molecule has 4 aromatic rings. The highest BCUT2D eigenvalue weighted by Crippen LogP contribution is 2.29. The zero-order valence-corrected chi connectivity index (χ0v) is 15.2. The van der Waals surface area contributed by atoms with Gasteiger partial charge >= 0.3 is 0 Å². The fourth-order valence-corrected chi connectivity index (χ4v) is 3.97. The molecule has 0 aliphatic carbocycles. The Balaban J connectivity index is 2.02. The number of benzene rings is 4. The van der Waals surface area contributed by atoms with Crippen LogP contribution < -0.4 is 0 Å². The van der Waals surface area contributed by atoms with E-state index in [0.717, 1.165) is 33.0 Å². The summed E-state index contributed by atoms with van der Waals surface area (Å²) in [5.41, 5.74) is 6.02. The zero-order chi connectivity index (χ0) is 18.3. The van der Waals surface area contributed by atoms with E-state index < -0.39 is 0 Å². The molecular formula is C24H21NO. The van der Waals surface area contributed by atoms with Crippen molar-refractivity contribution < 1.29 is 5.21 Å². The van der Waals surface area contributed by atoms with Gasteiger partial charge in [0.1, 0.15) is 5.71 Å². The summed E-state index contributed by atoms with van der Waals surface area (Å²) in [5.74, 6) is 0. The minimum atomic E-state index is 0.626. The third-order valence-corrected chi connectivity index (χ3v) is 5.02. The van der Waals surface area contributed by atoms with E-state index in [0.29, 0.717) is 5.71 Å². The van der Waals surface area contributed by atoms with Gasteiger partial charge in [0.2, 0.25) is 0 Å². The molecule has 0 radical (unpaired) electrons. The van der Waals surface area contributed by atoms with E-state index in [2.05, 4.69) is 74.5 Å². The summed E-state index contributed by atoms with van der Waals surface area (Å²) in [5, 5.41) is 18.3. The summed E-state index contributed by atoms with van der Waals surface area (Å²) in [6.45, 7) is 6.23. The number of hydrogen-bond donors (Lipinski definition) is 1. The Kier molecular flexibility index (Phi) is 3.96. The molecule has 0 amide bonds. The predicted molar refractivity (Wildman–Crippen MR) is 110 cm³/mol. The Morgan fingerprint density at radius 1 is 0.731 bits per heavy atom. The number of hydrogen-bond acceptors (Lipinski definition) is 2. The third kappa shape index (κ3) is 2.64. The Morgan fingerprint density at radius 2 is 1.35 bits per heavy atom. The van der Waals surface area contributed by atoms with E-state index in [1.165, 1.54) is 16.3 Å². The van der Waals surface area contributed by atoms with Gasteiger partial charge in [0.25, 0.3) is 0 Å². The fraction of sp³-hybridized carbons (Fsp3) is 0.125. The first-order chi connectivity index (χ1) is 12.6. The van der Waals surface area contributed by atoms with Gasteiger partial charge in [-0.05, 0) is 65.6 Å². The lowest BCUT2D eigenvalue weighted by Gasteiger charge is -2.15. The van der Waals surface area contributed by atoms with Crippen molar-refractivity contribution in [3.05, 3.63) is 94.5 Å². The molecule has 26 heavy (non-hydrogen) atoms. The second-order valence-electron chi connectivity index (χ2n) is 6.95. The highest BCUT2D eigenvalue weighted by Gasteiger charge is 2.16. The average molecular weight is 339 g/mol. The van der Waals surface area contributed by atoms with Gasteiger partial charge < -0.3 is 5.21 Å². The fourth-order valence-electron chi connectivity index (χ4n) is 3.97. The lowest BCUT2D eigenvalue weighted by molar-refractivity contribution is 0.319. The Hall–Kier alpha value is -3.13. The van der Waals surface area contributed by atoms with E-state index in [-0.39, 0.29) is 0 Å². The molecule has 4 rings (SSSR count). The molecule has 0 saturated heterocycles. The summed E-state index contributed by atoms with van der Waals surface area (Å²) in [4.78, 5) is 0. The molecule has 0 fully saturated rings. The summed E-state index contributed by atoms with van der Waals surface area (Å²) >= 11 is 0. The summed E-state index contributed by atoms with van der Waals surface area (Å²) in [6, 6.07) is 23.1. The first-order valence-electron chi connectivity index (χ1n) is 8.80. The Bertz CT molecular complexity index is 1150. The summed E-state index contributed by atoms with van der Waals surface area (Å²) < 4.78 is 0. The lowest BCUT2D eigenvalue weighted by Crippen LogP contribution is -2.09. The van der Waals surface area contributed by atoms with Crippen molar-refractivity contribution in [2.75, 3.05) is 0 Å². The van der Waals surface area contributed by atoms with Crippen LogP contribution in [0.15, 0.2) is 71.9 Å². The number of oxime groups is 1. The number of nitrogens with zero attached hydrogens (tertiary/aromatic N) is 1. The summed E-state index contributed by atoms with van der Waals surface area (Å²) in [6.07, 6.45) is 0. The molecule has 0 spiro atoms. The second-order valence-corrected chi connectivity index (χ2v) is 6.95. The standard InChI is InChI=1S/C24H21NO/c1-15-11-16(2)23(17(3)12-15)24(25-26)21-10-6-9-20-13-18-7-4-5-8-19(18)14-22(20)21/h4-14,26H,1-3H3/b25-24+. The van der Waals surface area contributed by atoms with E-state index in [9.17, 15) is 5.21 Å². The molecule has 0 aliphatic heterocycles. The third-order valence-electron chi connectivity index (χ3n) is 5.02. The monoisotopic (exact) mass is 339 g/mol. The predicted octanol–water partition coefficient (Wildman–Crippen LogP) is 6.14. The van der Waals surface area contributed by atoms with Crippen LogP contribution in [0, 0.1) is 20.8 Å². The molecule has 0 saturated carbocycles. The van der Waals surface area contributed by atoms with Crippen LogP contribution in [0.2, 0.25) is 0 Å². The van der Waals surface area contributed by atoms with E-state index >= 15 is 0 Å². The van der Waals surface area contributed by atoms with E-state index in [4.69, 9.17) is 0 Å². The van der Waals surface area contributed by atoms with Gasteiger partial charge in [0.15, 0.2) is 0 Å². The van der Waals surface area contributed by atoms with Crippen molar-refractivity contribution in [3.8, 4) is 0 Å². The van der Waals surface area contributed by atoms with Gasteiger partial charge in [0.05, 0.1) is 0 Å². The number of rotatable bonds is 2. The molecule has 0 atom stereocenters. The SMILES string of the molecule is Cc1cc(C)c(/C(=N/O)c2cccc3cc4ccccc4cc23)c(C)c1. The minimum Gasteiger partial charge on any atom is -0.410 e. The van der Waals surface area contributed by atoms with Crippen LogP contribution >= 0.6 is 0 Å². The zero-order valence-electron chi connectivity index (χ0n) is 15.2. The van der Waals surface area contributed by atoms with Crippen molar-refractivity contribution in [2.45, 2.75) is 20.8 Å². The maximum absolute atomic E-state index is 9.91. The van der Waals surface area contributed by atoms with Crippen LogP contribution in [-0.4, -0.2) is 10.9 Å². The Morgan fingerprint density at radius 3 is 2.00 bits per heavy atom. The molecule has 4 aromatic carbocycles. The van der Waals surface area contributed by atoms with Crippen LogP contribution in [0.4, 0.5) is 0 Å². The van der Waals surface area contributed by atoms with Crippen molar-refractivity contribution in [1.82, 2.24) is 0 Å². The topological polar surface area (TPSA) is 32.6 Å². The molecule has 0 unspecified atom stereocenters. The smallest absolute Gasteiger partial charge is 0.118 e. The van der Waals surface area contributed by atoms with Crippen LogP contribution in [-0.2, 0) is 0 Å². The van der Waals surface area contributed by atoms with Gasteiger partial charge in [-0.15, -0.1) is 0 Å². The quantitative estimate of drug-likeness (QED) is 0.202. The molecule has 0 aliphatic rings. The highest BCUT2D eigenvalue weighted by molar-refractivity contribution is 6.21. The second kappa shape index (κ2) is 6.30. The molecular weight excluding hydrogens is 318 g/mol. The van der Waals surface area contributed by atoms with Crippen molar-refractivity contribution >= 4 is 27.3 Å². The van der Waals surface area contributed by atoms with Gasteiger partial charge in [-0.2, -0.15) is 0 Å². The van der Waals surface area contributed by atoms with E-state index in [1.807, 2.05) is 18.2 Å². The van der Waals surface area contributed by atoms with Crippen molar-refractivity contribution in [1.29, 1.82) is 0 Å². The van der Waals surface area contributed by atoms with E-state index in [1.54, 1.807) is 0 Å². The minimum absolute atomic E-state index is 0.626. The lowest BCUT2D eigenvalue weighted by atomic mass is 9.89. The number of fused-ring (bicyclic) bond motifs is 2. The first-order valence-corrected chi connectivity index (χ1v) is 8.80. The van der Waals surface area contributed by atoms with Crippen LogP contribution in [0.5, 0.6) is 0 Å². The maximum Gasteiger partial charge on any atom is 0.118 e. The largest absolute Gasteiger partial charge is 0.410 e.